The third-order valence-corrected chi connectivity index (χ3v) is 2.67. The van der Waals surface area contributed by atoms with Crippen LogP contribution in [0, 0.1) is 0 Å². The van der Waals surface area contributed by atoms with E-state index in [0.29, 0.717) is 6.54 Å². The van der Waals surface area contributed by atoms with Crippen LogP contribution in [0.15, 0.2) is 0 Å². The molecule has 2 heterocycles. The van der Waals surface area contributed by atoms with Gasteiger partial charge in [0, 0.05) is 6.54 Å². The van der Waals surface area contributed by atoms with Crippen molar-refractivity contribution < 1.29 is 9.53 Å². The first kappa shape index (κ1) is 14.3. The Hall–Kier alpha value is -2.16. The lowest BCUT2D eigenvalue weighted by Crippen LogP contribution is -2.44. The molecule has 1 amide bonds. The maximum Gasteiger partial charge on any atom is 0.323 e. The van der Waals surface area contributed by atoms with E-state index in [-0.39, 0.29) is 36.0 Å². The summed E-state index contributed by atoms with van der Waals surface area (Å²) in [5, 5.41) is 5.75. The zero-order chi connectivity index (χ0) is 14.5. The fourth-order valence-corrected chi connectivity index (χ4v) is 1.81. The molecule has 20 heavy (non-hydrogen) atoms. The number of nitrogens with zero attached hydrogens (tertiary/aromatic N) is 3. The highest BCUT2D eigenvalue weighted by Crippen LogP contribution is 2.14. The highest BCUT2D eigenvalue weighted by atomic mass is 16.5. The van der Waals surface area contributed by atoms with Gasteiger partial charge < -0.3 is 15.4 Å². The Morgan fingerprint density at radius 1 is 1.35 bits per heavy atom. The molecule has 0 aromatic carbocycles. The SMILES string of the molecule is CC(C)Oc1nc(NN)nc(NC2CCCNC2=O)n1. The third-order valence-electron chi connectivity index (χ3n) is 2.67. The minimum Gasteiger partial charge on any atom is -0.461 e. The topological polar surface area (TPSA) is 127 Å². The van der Waals surface area contributed by atoms with Gasteiger partial charge in [-0.25, -0.2) is 5.84 Å². The maximum atomic E-state index is 11.7. The van der Waals surface area contributed by atoms with Crippen molar-refractivity contribution in [1.29, 1.82) is 0 Å². The van der Waals surface area contributed by atoms with E-state index in [2.05, 4.69) is 31.0 Å². The monoisotopic (exact) mass is 281 g/mol. The number of piperidine rings is 1. The Morgan fingerprint density at radius 3 is 2.75 bits per heavy atom. The number of anilines is 2. The van der Waals surface area contributed by atoms with Crippen molar-refractivity contribution in [3.63, 3.8) is 0 Å². The van der Waals surface area contributed by atoms with Gasteiger partial charge in [0.25, 0.3) is 0 Å². The lowest BCUT2D eigenvalue weighted by atomic mass is 10.1. The van der Waals surface area contributed by atoms with Crippen LogP contribution in [-0.2, 0) is 4.79 Å². The molecule has 5 N–H and O–H groups in total. The number of carbonyl (C=O) groups excluding carboxylic acids is 1. The van der Waals surface area contributed by atoms with Crippen molar-refractivity contribution in [1.82, 2.24) is 20.3 Å². The highest BCUT2D eigenvalue weighted by Gasteiger charge is 2.23. The molecule has 0 spiro atoms. The van der Waals surface area contributed by atoms with Crippen LogP contribution >= 0.6 is 0 Å². The van der Waals surface area contributed by atoms with E-state index in [1.165, 1.54) is 0 Å². The quantitative estimate of drug-likeness (QED) is 0.425. The number of hydrogen-bond acceptors (Lipinski definition) is 8. The predicted octanol–water partition coefficient (Wildman–Crippen LogP) is -0.365. The van der Waals surface area contributed by atoms with Crippen LogP contribution < -0.4 is 26.6 Å². The van der Waals surface area contributed by atoms with Crippen molar-refractivity contribution in [2.75, 3.05) is 17.3 Å². The van der Waals surface area contributed by atoms with Crippen LogP contribution in [-0.4, -0.2) is 39.5 Å². The van der Waals surface area contributed by atoms with E-state index in [0.717, 1.165) is 12.8 Å². The maximum absolute atomic E-state index is 11.7. The van der Waals surface area contributed by atoms with E-state index in [9.17, 15) is 4.79 Å². The normalized spacial score (nSPS) is 18.6. The summed E-state index contributed by atoms with van der Waals surface area (Å²) in [7, 11) is 0. The fourth-order valence-electron chi connectivity index (χ4n) is 1.81. The van der Waals surface area contributed by atoms with Crippen LogP contribution in [0.4, 0.5) is 11.9 Å². The van der Waals surface area contributed by atoms with E-state index in [4.69, 9.17) is 10.6 Å². The number of nitrogens with one attached hydrogen (secondary N) is 3. The molecule has 0 bridgehead atoms. The van der Waals surface area contributed by atoms with E-state index >= 15 is 0 Å². The molecule has 0 aliphatic carbocycles. The number of carbonyl (C=O) groups is 1. The number of ether oxygens (including phenoxy) is 1. The van der Waals surface area contributed by atoms with Gasteiger partial charge in [0.1, 0.15) is 6.04 Å². The van der Waals surface area contributed by atoms with Gasteiger partial charge in [0.2, 0.25) is 17.8 Å². The first-order valence-electron chi connectivity index (χ1n) is 6.52. The summed E-state index contributed by atoms with van der Waals surface area (Å²) in [6.07, 6.45) is 1.56. The summed E-state index contributed by atoms with van der Waals surface area (Å²) < 4.78 is 5.42. The second kappa shape index (κ2) is 6.33. The molecule has 0 radical (unpaired) electrons. The summed E-state index contributed by atoms with van der Waals surface area (Å²) >= 11 is 0. The molecule has 1 unspecified atom stereocenters. The van der Waals surface area contributed by atoms with Crippen LogP contribution in [0.2, 0.25) is 0 Å². The Kier molecular flexibility index (Phi) is 4.51. The molecular weight excluding hydrogens is 262 g/mol. The summed E-state index contributed by atoms with van der Waals surface area (Å²) in [4.78, 5) is 23.9. The van der Waals surface area contributed by atoms with Crippen LogP contribution in [0.1, 0.15) is 26.7 Å². The average Bonchev–Trinajstić information content (AvgIpc) is 2.40. The number of nitrogen functional groups attached to an aromatic ring is 1. The first-order chi connectivity index (χ1) is 9.58. The number of amides is 1. The molecule has 1 aliphatic heterocycles. The number of rotatable bonds is 5. The number of aromatic nitrogens is 3. The molecule has 1 atom stereocenters. The van der Waals surface area contributed by atoms with Crippen molar-refractivity contribution in [3.8, 4) is 6.01 Å². The average molecular weight is 281 g/mol. The van der Waals surface area contributed by atoms with Crippen LogP contribution in [0.5, 0.6) is 6.01 Å². The van der Waals surface area contributed by atoms with Crippen LogP contribution in [0.3, 0.4) is 0 Å². The highest BCUT2D eigenvalue weighted by molar-refractivity contribution is 5.84. The zero-order valence-corrected chi connectivity index (χ0v) is 11.5. The third kappa shape index (κ3) is 3.67. The zero-order valence-electron chi connectivity index (χ0n) is 11.5. The van der Waals surface area contributed by atoms with Crippen LogP contribution in [0.25, 0.3) is 0 Å². The Bertz CT molecular complexity index is 480. The van der Waals surface area contributed by atoms with E-state index in [1.807, 2.05) is 13.8 Å². The molecule has 1 saturated heterocycles. The largest absolute Gasteiger partial charge is 0.461 e. The smallest absolute Gasteiger partial charge is 0.323 e. The summed E-state index contributed by atoms with van der Waals surface area (Å²) in [5.41, 5.74) is 2.35. The minimum atomic E-state index is -0.358. The summed E-state index contributed by atoms with van der Waals surface area (Å²) in [6, 6.07) is -0.203. The number of nitrogens with two attached hydrogens (primary N) is 1. The van der Waals surface area contributed by atoms with Gasteiger partial charge >= 0.3 is 6.01 Å². The number of hydrazine groups is 1. The van der Waals surface area contributed by atoms with Gasteiger partial charge in [-0.05, 0) is 26.7 Å². The van der Waals surface area contributed by atoms with Crippen molar-refractivity contribution >= 4 is 17.8 Å². The molecule has 110 valence electrons. The molecule has 2 rings (SSSR count). The molecular formula is C11H19N7O2. The Morgan fingerprint density at radius 2 is 2.10 bits per heavy atom. The summed E-state index contributed by atoms with van der Waals surface area (Å²) in [6.45, 7) is 4.42. The second-order valence-electron chi connectivity index (χ2n) is 4.71. The van der Waals surface area contributed by atoms with Gasteiger partial charge in [0.05, 0.1) is 6.10 Å². The van der Waals surface area contributed by atoms with E-state index < -0.39 is 0 Å². The van der Waals surface area contributed by atoms with Crippen molar-refractivity contribution in [3.05, 3.63) is 0 Å². The lowest BCUT2D eigenvalue weighted by Gasteiger charge is -2.22. The molecule has 1 aromatic heterocycles. The molecule has 9 heteroatoms. The lowest BCUT2D eigenvalue weighted by molar-refractivity contribution is -0.123. The fraction of sp³-hybridized carbons (Fsp3) is 0.636. The van der Waals surface area contributed by atoms with Gasteiger partial charge in [-0.1, -0.05) is 0 Å². The van der Waals surface area contributed by atoms with Gasteiger partial charge in [-0.3, -0.25) is 10.2 Å². The van der Waals surface area contributed by atoms with Crippen molar-refractivity contribution in [2.45, 2.75) is 38.8 Å². The standard InChI is InChI=1S/C11H19N7O2/c1-6(2)20-11-16-9(15-10(17-11)18-12)14-7-4-3-5-13-8(7)19/h6-7H,3-5,12H2,1-2H3,(H,13,19)(H2,14,15,16,17,18). The van der Waals surface area contributed by atoms with E-state index in [1.54, 1.807) is 0 Å². The molecule has 1 aromatic rings. The summed E-state index contributed by atoms with van der Waals surface area (Å²) in [5.74, 6) is 5.68. The molecule has 9 nitrogen and oxygen atoms in total. The van der Waals surface area contributed by atoms with Gasteiger partial charge in [-0.2, -0.15) is 15.0 Å². The number of hydrogen-bond donors (Lipinski definition) is 4. The second-order valence-corrected chi connectivity index (χ2v) is 4.71. The van der Waals surface area contributed by atoms with Crippen molar-refractivity contribution in [2.24, 2.45) is 5.84 Å². The van der Waals surface area contributed by atoms with Gasteiger partial charge in [-0.15, -0.1) is 0 Å². The first-order valence-corrected chi connectivity index (χ1v) is 6.52. The Labute approximate surface area is 116 Å². The predicted molar refractivity (Wildman–Crippen MR) is 73.1 cm³/mol. The minimum absolute atomic E-state index is 0.0646. The molecule has 1 fully saturated rings. The molecule has 0 saturated carbocycles. The molecule has 1 aliphatic rings. The van der Waals surface area contributed by atoms with Gasteiger partial charge in [0.15, 0.2) is 0 Å². The Balaban J connectivity index is 2.15.